The summed E-state index contributed by atoms with van der Waals surface area (Å²) in [5, 5.41) is 0. The van der Waals surface area contributed by atoms with Crippen molar-refractivity contribution in [2.75, 3.05) is 0 Å². The zero-order valence-corrected chi connectivity index (χ0v) is 26.5. The molecule has 0 radical (unpaired) electrons. The lowest BCUT2D eigenvalue weighted by Crippen LogP contribution is -2.19. The van der Waals surface area contributed by atoms with Crippen LogP contribution in [0.3, 0.4) is 0 Å². The fourth-order valence-electron chi connectivity index (χ4n) is 3.20. The highest BCUT2D eigenvalue weighted by Gasteiger charge is 2.32. The van der Waals surface area contributed by atoms with Gasteiger partial charge in [0.15, 0.2) is 5.75 Å². The van der Waals surface area contributed by atoms with Crippen LogP contribution >= 0.6 is 67.8 Å². The molecule has 0 aliphatic rings. The van der Waals surface area contributed by atoms with Crippen LogP contribution in [0, 0.1) is 10.7 Å². The zero-order chi connectivity index (χ0) is 24.8. The van der Waals surface area contributed by atoms with Crippen LogP contribution in [0.5, 0.6) is 5.75 Å². The van der Waals surface area contributed by atoms with Gasteiger partial charge in [-0.15, -0.1) is 0 Å². The van der Waals surface area contributed by atoms with Gasteiger partial charge in [-0.3, -0.25) is 4.55 Å². The summed E-state index contributed by atoms with van der Waals surface area (Å²) in [7, 11) is -8.89. The Morgan fingerprint density at radius 2 is 1.22 bits per heavy atom. The maximum atomic E-state index is 13.6. The van der Waals surface area contributed by atoms with Crippen LogP contribution in [0.25, 0.3) is 0 Å². The van der Waals surface area contributed by atoms with Crippen LogP contribution in [-0.2, 0) is 20.2 Å². The molecule has 6 nitrogen and oxygen atoms in total. The molecule has 2 aromatic carbocycles. The molecule has 178 valence electrons. The molecule has 0 aliphatic heterocycles. The summed E-state index contributed by atoms with van der Waals surface area (Å²) in [6, 6.07) is 5.28. The molecule has 0 saturated heterocycles. The molecule has 11 heteroatoms. The van der Waals surface area contributed by atoms with Crippen molar-refractivity contribution in [3.05, 3.63) is 45.6 Å². The van der Waals surface area contributed by atoms with Gasteiger partial charge in [-0.1, -0.05) is 53.7 Å². The highest BCUT2D eigenvalue weighted by molar-refractivity contribution is 14.1. The molecule has 0 amide bonds. The summed E-state index contributed by atoms with van der Waals surface area (Å²) in [6.07, 6.45) is 0. The van der Waals surface area contributed by atoms with E-state index in [1.807, 2.05) is 62.4 Å². The summed E-state index contributed by atoms with van der Waals surface area (Å²) < 4.78 is 67.0. The zero-order valence-electron chi connectivity index (χ0n) is 18.4. The number of hydrogen-bond acceptors (Lipinski definition) is 5. The Hall–Kier alpha value is 0.290. The van der Waals surface area contributed by atoms with Crippen molar-refractivity contribution in [3.8, 4) is 5.75 Å². The van der Waals surface area contributed by atoms with Crippen LogP contribution in [0.1, 0.15) is 76.0 Å². The third-order valence-electron chi connectivity index (χ3n) is 4.87. The fraction of sp³-hybridized carbons (Fsp3) is 0.429. The molecule has 2 aromatic rings. The Kier molecular flexibility index (Phi) is 9.36. The Morgan fingerprint density at radius 3 is 1.59 bits per heavy atom. The maximum Gasteiger partial charge on any atom is 0.339 e. The predicted molar refractivity (Wildman–Crippen MR) is 151 cm³/mol. The smallest absolute Gasteiger partial charge is 0.339 e. The Balaban J connectivity index is 2.84. The van der Waals surface area contributed by atoms with Gasteiger partial charge < -0.3 is 4.18 Å². The van der Waals surface area contributed by atoms with E-state index in [0.717, 1.165) is 5.56 Å². The maximum absolute atomic E-state index is 13.6. The first kappa shape index (κ1) is 28.5. The Labute approximate surface area is 231 Å². The van der Waals surface area contributed by atoms with Gasteiger partial charge >= 0.3 is 10.1 Å². The van der Waals surface area contributed by atoms with E-state index in [4.69, 9.17) is 4.18 Å². The molecular formula is C21H25I3O6S2. The SMILES string of the molecule is CC(C)c1cc(C(C)C)c(S(=O)(=O)Oc2c(I)cc(I)c(S(=O)(=O)O)c2I)c(C(C)C)c1. The second-order valence-corrected chi connectivity index (χ2v) is 14.6. The molecule has 0 atom stereocenters. The van der Waals surface area contributed by atoms with E-state index in [0.29, 0.717) is 14.7 Å². The van der Waals surface area contributed by atoms with Gasteiger partial charge in [0.1, 0.15) is 9.79 Å². The summed E-state index contributed by atoms with van der Waals surface area (Å²) in [4.78, 5) is -0.252. The molecule has 0 unspecified atom stereocenters. The molecule has 0 spiro atoms. The van der Waals surface area contributed by atoms with Gasteiger partial charge in [0.2, 0.25) is 0 Å². The van der Waals surface area contributed by atoms with Gasteiger partial charge in [0, 0.05) is 3.57 Å². The van der Waals surface area contributed by atoms with Gasteiger partial charge in [0.05, 0.1) is 7.14 Å². The first-order valence-electron chi connectivity index (χ1n) is 9.76. The van der Waals surface area contributed by atoms with Crippen molar-refractivity contribution in [1.29, 1.82) is 0 Å². The van der Waals surface area contributed by atoms with Crippen LogP contribution in [-0.4, -0.2) is 21.4 Å². The van der Waals surface area contributed by atoms with Crippen molar-refractivity contribution < 1.29 is 25.6 Å². The largest absolute Gasteiger partial charge is 0.377 e. The van der Waals surface area contributed by atoms with E-state index in [9.17, 15) is 21.4 Å². The van der Waals surface area contributed by atoms with Crippen LogP contribution in [0.4, 0.5) is 0 Å². The number of halogens is 3. The number of rotatable bonds is 7. The van der Waals surface area contributed by atoms with Crippen molar-refractivity contribution in [2.45, 2.75) is 69.1 Å². The lowest BCUT2D eigenvalue weighted by molar-refractivity contribution is 0.469. The highest BCUT2D eigenvalue weighted by atomic mass is 127. The molecule has 0 aromatic heterocycles. The second kappa shape index (κ2) is 10.5. The minimum atomic E-state index is -4.58. The van der Waals surface area contributed by atoms with E-state index >= 15 is 0 Å². The van der Waals surface area contributed by atoms with Crippen molar-refractivity contribution in [3.63, 3.8) is 0 Å². The first-order chi connectivity index (χ1) is 14.5. The van der Waals surface area contributed by atoms with Gasteiger partial charge in [0.25, 0.3) is 10.1 Å². The summed E-state index contributed by atoms with van der Waals surface area (Å²) in [5.74, 6) is -0.0553. The van der Waals surface area contributed by atoms with Gasteiger partial charge in [-0.25, -0.2) is 0 Å². The Bertz CT molecular complexity index is 1220. The van der Waals surface area contributed by atoms with Crippen molar-refractivity contribution in [2.24, 2.45) is 0 Å². The van der Waals surface area contributed by atoms with E-state index < -0.39 is 20.2 Å². The molecule has 0 fully saturated rings. The molecule has 32 heavy (non-hydrogen) atoms. The lowest BCUT2D eigenvalue weighted by atomic mass is 9.89. The molecular weight excluding hydrogens is 793 g/mol. The average Bonchev–Trinajstić information content (AvgIpc) is 2.62. The van der Waals surface area contributed by atoms with Crippen LogP contribution in [0.2, 0.25) is 0 Å². The molecule has 2 rings (SSSR count). The number of hydrogen-bond donors (Lipinski definition) is 1. The van der Waals surface area contributed by atoms with E-state index in [1.54, 1.807) is 45.2 Å². The lowest BCUT2D eigenvalue weighted by Gasteiger charge is -2.23. The molecule has 0 bridgehead atoms. The normalized spacial score (nSPS) is 12.8. The molecule has 0 saturated carbocycles. The van der Waals surface area contributed by atoms with E-state index in [-0.39, 0.29) is 40.4 Å². The van der Waals surface area contributed by atoms with Gasteiger partial charge in [-0.2, -0.15) is 16.8 Å². The van der Waals surface area contributed by atoms with Gasteiger partial charge in [-0.05, 0) is 108 Å². The minimum Gasteiger partial charge on any atom is -0.377 e. The third-order valence-corrected chi connectivity index (χ3v) is 10.6. The molecule has 0 aliphatic carbocycles. The quantitative estimate of drug-likeness (QED) is 0.186. The molecule has 0 heterocycles. The molecule has 1 N–H and O–H groups in total. The highest BCUT2D eigenvalue weighted by Crippen LogP contribution is 2.40. The van der Waals surface area contributed by atoms with Crippen molar-refractivity contribution >= 4 is 88.0 Å². The van der Waals surface area contributed by atoms with Crippen LogP contribution in [0.15, 0.2) is 28.0 Å². The number of benzene rings is 2. The first-order valence-corrected chi connectivity index (χ1v) is 15.8. The van der Waals surface area contributed by atoms with Crippen molar-refractivity contribution in [1.82, 2.24) is 0 Å². The summed E-state index contributed by atoms with van der Waals surface area (Å²) in [6.45, 7) is 11.8. The fourth-order valence-corrected chi connectivity index (χ4v) is 11.0. The average molecular weight is 818 g/mol. The Morgan fingerprint density at radius 1 is 0.750 bits per heavy atom. The van der Waals surface area contributed by atoms with E-state index in [1.165, 1.54) is 6.07 Å². The van der Waals surface area contributed by atoms with Crippen LogP contribution < -0.4 is 4.18 Å². The second-order valence-electron chi connectivity index (χ2n) is 8.32. The monoisotopic (exact) mass is 818 g/mol. The minimum absolute atomic E-state index is 0.0148. The topological polar surface area (TPSA) is 97.7 Å². The predicted octanol–water partition coefficient (Wildman–Crippen LogP) is 6.89. The third kappa shape index (κ3) is 6.10. The summed E-state index contributed by atoms with van der Waals surface area (Å²) >= 11 is 5.38. The van der Waals surface area contributed by atoms with E-state index in [2.05, 4.69) is 13.8 Å². The standard InChI is InChI=1S/C21H25I3O6S2/c1-10(2)13-7-14(11(3)4)20(15(8-13)12(5)6)32(28,29)30-19-16(22)9-17(23)21(18(19)24)31(25,26)27/h7-12H,1-6H3,(H,25,26,27). The summed E-state index contributed by atoms with van der Waals surface area (Å²) in [5.41, 5.74) is 2.36.